The van der Waals surface area contributed by atoms with E-state index in [-0.39, 0.29) is 19.4 Å². The zero-order valence-corrected chi connectivity index (χ0v) is 24.1. The molecule has 0 unspecified atom stereocenters. The Morgan fingerprint density at radius 3 is 1.91 bits per heavy atom. The van der Waals surface area contributed by atoms with E-state index in [1.165, 1.54) is 0 Å². The predicted molar refractivity (Wildman–Crippen MR) is 138 cm³/mol. The molecular weight excluding hydrogens is 637 g/mol. The minimum Gasteiger partial charge on any atom is -0.493 e. The van der Waals surface area contributed by atoms with Gasteiger partial charge in [0.2, 0.25) is 0 Å². The van der Waals surface area contributed by atoms with Crippen LogP contribution in [0.25, 0.3) is 11.4 Å². The molecule has 6 nitrogen and oxygen atoms in total. The van der Waals surface area contributed by atoms with E-state index in [2.05, 4.69) is 26.4 Å². The highest BCUT2D eigenvalue weighted by molar-refractivity contribution is 5.58. The fourth-order valence-electron chi connectivity index (χ4n) is 3.83. The number of benzene rings is 1. The first-order valence-electron chi connectivity index (χ1n) is 14.0. The van der Waals surface area contributed by atoms with Gasteiger partial charge in [0.25, 0.3) is 0 Å². The summed E-state index contributed by atoms with van der Waals surface area (Å²) >= 11 is 0. The van der Waals surface area contributed by atoms with Gasteiger partial charge in [0, 0.05) is 24.6 Å². The molecule has 0 aliphatic rings. The van der Waals surface area contributed by atoms with Crippen molar-refractivity contribution in [3.8, 4) is 17.1 Å². The van der Waals surface area contributed by atoms with Crippen molar-refractivity contribution in [1.82, 2.24) is 9.97 Å². The minimum absolute atomic E-state index is 0.0340. The highest BCUT2D eigenvalue weighted by Gasteiger charge is 2.72. The van der Waals surface area contributed by atoms with Gasteiger partial charge in [0.15, 0.2) is 5.82 Å². The van der Waals surface area contributed by atoms with Crippen molar-refractivity contribution in [3.63, 3.8) is 0 Å². The average molecular weight is 671 g/mol. The molecule has 45 heavy (non-hydrogen) atoms. The third-order valence-corrected chi connectivity index (χ3v) is 6.10. The van der Waals surface area contributed by atoms with E-state index in [0.29, 0.717) is 18.0 Å². The van der Waals surface area contributed by atoms with E-state index < -0.39 is 43.8 Å². The fourth-order valence-corrected chi connectivity index (χ4v) is 3.83. The summed E-state index contributed by atoms with van der Waals surface area (Å²) in [5.74, 6) is 1.10. The van der Waals surface area contributed by atoms with E-state index in [0.717, 1.165) is 49.7 Å². The van der Waals surface area contributed by atoms with Gasteiger partial charge in [-0.3, -0.25) is 0 Å². The summed E-state index contributed by atoms with van der Waals surface area (Å²) in [4.78, 5) is 8.48. The van der Waals surface area contributed by atoms with Crippen LogP contribution in [0.2, 0.25) is 0 Å². The Morgan fingerprint density at radius 1 is 0.667 bits per heavy atom. The SMILES string of the molecule is CCCCCCCCc1cc(-c2ncccn2)ccc1OCCCCOCC(F)(F)OC(F)(F)C(F)(F)OC(F)(F)C(F)(F)F. The van der Waals surface area contributed by atoms with Crippen LogP contribution in [0.1, 0.15) is 63.9 Å². The number of halogens is 11. The first-order valence-corrected chi connectivity index (χ1v) is 14.0. The van der Waals surface area contributed by atoms with Crippen molar-refractivity contribution in [2.24, 2.45) is 0 Å². The molecule has 1 aromatic heterocycles. The fraction of sp³-hybridized carbons (Fsp3) is 0.643. The van der Waals surface area contributed by atoms with Crippen LogP contribution in [-0.4, -0.2) is 60.4 Å². The summed E-state index contributed by atoms with van der Waals surface area (Å²) < 4.78 is 156. The number of alkyl halides is 11. The van der Waals surface area contributed by atoms with Crippen LogP contribution < -0.4 is 4.74 Å². The molecule has 1 aromatic carbocycles. The molecule has 0 aliphatic heterocycles. The monoisotopic (exact) mass is 670 g/mol. The number of unbranched alkanes of at least 4 members (excludes halogenated alkanes) is 6. The zero-order chi connectivity index (χ0) is 33.8. The second-order valence-electron chi connectivity index (χ2n) is 9.91. The Kier molecular flexibility index (Phi) is 14.2. The van der Waals surface area contributed by atoms with Gasteiger partial charge < -0.3 is 9.47 Å². The van der Waals surface area contributed by atoms with Crippen molar-refractivity contribution in [2.45, 2.75) is 95.3 Å². The lowest BCUT2D eigenvalue weighted by Gasteiger charge is -2.31. The van der Waals surface area contributed by atoms with E-state index in [9.17, 15) is 48.3 Å². The Bertz CT molecular complexity index is 1150. The molecule has 17 heteroatoms. The molecule has 0 saturated heterocycles. The first-order chi connectivity index (χ1) is 20.9. The highest BCUT2D eigenvalue weighted by atomic mass is 19.4. The predicted octanol–water partition coefficient (Wildman–Crippen LogP) is 9.19. The maximum absolute atomic E-state index is 13.6. The number of hydrogen-bond acceptors (Lipinski definition) is 6. The first kappa shape index (κ1) is 38.4. The number of nitrogens with zero attached hydrogens (tertiary/aromatic N) is 2. The van der Waals surface area contributed by atoms with Crippen LogP contribution in [0.5, 0.6) is 5.75 Å². The Balaban J connectivity index is 1.84. The molecule has 0 fully saturated rings. The molecule has 0 aliphatic carbocycles. The molecule has 0 spiro atoms. The summed E-state index contributed by atoms with van der Waals surface area (Å²) in [5, 5.41) is 0. The van der Waals surface area contributed by atoms with Gasteiger partial charge in [-0.2, -0.15) is 48.3 Å². The molecule has 0 bridgehead atoms. The maximum atomic E-state index is 13.6. The standard InChI is InChI=1S/C28H33F11N2O4/c1-2-3-4-5-6-7-11-20-18-21(23-40-14-10-15-41-23)12-13-22(20)43-17-9-8-16-42-19-24(29,30)44-27(36,37)28(38,39)45-26(34,35)25(31,32)33/h10,12-15,18H,2-9,11,16-17,19H2,1H3. The van der Waals surface area contributed by atoms with Crippen molar-refractivity contribution < 1.29 is 67.2 Å². The van der Waals surface area contributed by atoms with Crippen molar-refractivity contribution in [3.05, 3.63) is 42.2 Å². The van der Waals surface area contributed by atoms with Gasteiger partial charge in [0.05, 0.1) is 6.61 Å². The largest absolute Gasteiger partial charge is 0.493 e. The van der Waals surface area contributed by atoms with Gasteiger partial charge in [0.1, 0.15) is 12.4 Å². The van der Waals surface area contributed by atoms with Gasteiger partial charge >= 0.3 is 30.6 Å². The van der Waals surface area contributed by atoms with Crippen LogP contribution in [0.4, 0.5) is 48.3 Å². The second kappa shape index (κ2) is 16.7. The van der Waals surface area contributed by atoms with Crippen molar-refractivity contribution in [2.75, 3.05) is 19.8 Å². The second-order valence-corrected chi connectivity index (χ2v) is 9.91. The highest BCUT2D eigenvalue weighted by Crippen LogP contribution is 2.47. The van der Waals surface area contributed by atoms with Crippen LogP contribution in [-0.2, 0) is 20.6 Å². The summed E-state index contributed by atoms with van der Waals surface area (Å²) in [6.07, 6.45) is -21.6. The summed E-state index contributed by atoms with van der Waals surface area (Å²) in [5.41, 5.74) is 1.68. The molecule has 0 atom stereocenters. The van der Waals surface area contributed by atoms with Crippen LogP contribution in [0.15, 0.2) is 36.7 Å². The Morgan fingerprint density at radius 2 is 1.27 bits per heavy atom. The molecule has 0 N–H and O–H groups in total. The van der Waals surface area contributed by atoms with Crippen molar-refractivity contribution >= 4 is 0 Å². The minimum atomic E-state index is -6.84. The van der Waals surface area contributed by atoms with E-state index >= 15 is 0 Å². The van der Waals surface area contributed by atoms with E-state index in [4.69, 9.17) is 4.74 Å². The molecular formula is C28H33F11N2O4. The molecule has 1 heterocycles. The van der Waals surface area contributed by atoms with E-state index in [1.54, 1.807) is 30.6 Å². The lowest BCUT2D eigenvalue weighted by atomic mass is 10.0. The molecule has 2 aromatic rings. The normalized spacial score (nSPS) is 13.3. The third kappa shape index (κ3) is 12.5. The topological polar surface area (TPSA) is 62.7 Å². The van der Waals surface area contributed by atoms with E-state index in [1.807, 2.05) is 10.8 Å². The molecule has 2 rings (SSSR count). The lowest BCUT2D eigenvalue weighted by molar-refractivity contribution is -0.537. The Hall–Kier alpha value is -2.79. The average Bonchev–Trinajstić information content (AvgIpc) is 2.93. The molecule has 0 radical (unpaired) electrons. The number of hydrogen-bond donors (Lipinski definition) is 0. The van der Waals surface area contributed by atoms with Crippen molar-refractivity contribution in [1.29, 1.82) is 0 Å². The van der Waals surface area contributed by atoms with Gasteiger partial charge in [-0.15, -0.1) is 0 Å². The number of ether oxygens (including phenoxy) is 4. The zero-order valence-electron chi connectivity index (χ0n) is 24.1. The third-order valence-electron chi connectivity index (χ3n) is 6.10. The van der Waals surface area contributed by atoms with Crippen LogP contribution >= 0.6 is 0 Å². The number of rotatable bonds is 21. The molecule has 0 saturated carbocycles. The van der Waals surface area contributed by atoms with Gasteiger partial charge in [-0.05, 0) is 55.5 Å². The quantitative estimate of drug-likeness (QED) is 0.0976. The van der Waals surface area contributed by atoms with Gasteiger partial charge in [-0.1, -0.05) is 39.0 Å². The van der Waals surface area contributed by atoms with Crippen LogP contribution in [0.3, 0.4) is 0 Å². The summed E-state index contributed by atoms with van der Waals surface area (Å²) in [6.45, 7) is -0.334. The summed E-state index contributed by atoms with van der Waals surface area (Å²) in [7, 11) is 0. The molecule has 0 amide bonds. The Labute approximate surface area is 252 Å². The number of aromatic nitrogens is 2. The van der Waals surface area contributed by atoms with Crippen LogP contribution in [0, 0.1) is 0 Å². The molecule has 256 valence electrons. The van der Waals surface area contributed by atoms with Gasteiger partial charge in [-0.25, -0.2) is 19.4 Å². The lowest BCUT2D eigenvalue weighted by Crippen LogP contribution is -2.55. The summed E-state index contributed by atoms with van der Waals surface area (Å²) in [6, 6.07) is 7.12. The number of aryl methyl sites for hydroxylation is 1. The maximum Gasteiger partial charge on any atom is 0.483 e. The smallest absolute Gasteiger partial charge is 0.483 e.